The quantitative estimate of drug-likeness (QED) is 0.258. The number of rotatable bonds is 4. The van der Waals surface area contributed by atoms with Crippen molar-refractivity contribution in [1.82, 2.24) is 15.4 Å². The highest BCUT2D eigenvalue weighted by Gasteiger charge is 2.23. The number of nitrogens with zero attached hydrogens (tertiary/aromatic N) is 2. The van der Waals surface area contributed by atoms with Gasteiger partial charge >= 0.3 is 0 Å². The third kappa shape index (κ3) is 3.49. The lowest BCUT2D eigenvalue weighted by Crippen LogP contribution is -2.40. The molecule has 5 nitrogen and oxygen atoms in total. The molecule has 1 atom stereocenters. The second kappa shape index (κ2) is 5.67. The van der Waals surface area contributed by atoms with Crippen LogP contribution in [0.1, 0.15) is 13.8 Å². The van der Waals surface area contributed by atoms with Crippen LogP contribution in [0, 0.1) is 5.92 Å². The standard InChI is InChI=1S/C9H14N4OS/c1-6(2)7(8(14)13-10)15-9-11-4-3-5-12-9/h3-7H,10H2,1-2H3,(H,13,14). The van der Waals surface area contributed by atoms with Crippen LogP contribution in [0.15, 0.2) is 23.6 Å². The number of carbonyl (C=O) groups is 1. The summed E-state index contributed by atoms with van der Waals surface area (Å²) in [5, 5.41) is 0.317. The van der Waals surface area contributed by atoms with Crippen LogP contribution in [0.2, 0.25) is 0 Å². The summed E-state index contributed by atoms with van der Waals surface area (Å²) in [5.41, 5.74) is 2.15. The van der Waals surface area contributed by atoms with Crippen molar-refractivity contribution in [3.63, 3.8) is 0 Å². The van der Waals surface area contributed by atoms with Crippen molar-refractivity contribution < 1.29 is 4.79 Å². The van der Waals surface area contributed by atoms with Crippen molar-refractivity contribution in [2.45, 2.75) is 24.3 Å². The maximum absolute atomic E-state index is 11.4. The Morgan fingerprint density at radius 3 is 2.53 bits per heavy atom. The maximum Gasteiger partial charge on any atom is 0.247 e. The second-order valence-electron chi connectivity index (χ2n) is 3.32. The summed E-state index contributed by atoms with van der Waals surface area (Å²) in [4.78, 5) is 19.5. The van der Waals surface area contributed by atoms with Crippen LogP contribution in [0.3, 0.4) is 0 Å². The van der Waals surface area contributed by atoms with Crippen molar-refractivity contribution in [1.29, 1.82) is 0 Å². The van der Waals surface area contributed by atoms with Crippen molar-refractivity contribution in [3.8, 4) is 0 Å². The maximum atomic E-state index is 11.4. The van der Waals surface area contributed by atoms with Crippen LogP contribution in [-0.2, 0) is 4.79 Å². The number of hydrazine groups is 1. The van der Waals surface area contributed by atoms with Crippen LogP contribution < -0.4 is 11.3 Å². The van der Waals surface area contributed by atoms with Crippen molar-refractivity contribution >= 4 is 17.7 Å². The van der Waals surface area contributed by atoms with Crippen molar-refractivity contribution in [2.75, 3.05) is 0 Å². The molecule has 3 N–H and O–H groups in total. The van der Waals surface area contributed by atoms with Gasteiger partial charge in [-0.1, -0.05) is 25.6 Å². The molecule has 82 valence electrons. The zero-order chi connectivity index (χ0) is 11.3. The molecule has 0 aliphatic carbocycles. The topological polar surface area (TPSA) is 80.9 Å². The van der Waals surface area contributed by atoms with Gasteiger partial charge in [0.15, 0.2) is 5.16 Å². The van der Waals surface area contributed by atoms with Crippen LogP contribution in [-0.4, -0.2) is 21.1 Å². The summed E-state index contributed by atoms with van der Waals surface area (Å²) in [6.45, 7) is 3.91. The minimum atomic E-state index is -0.266. The molecule has 1 unspecified atom stereocenters. The lowest BCUT2D eigenvalue weighted by molar-refractivity contribution is -0.121. The first kappa shape index (κ1) is 11.9. The van der Waals surface area contributed by atoms with Gasteiger partial charge in [0, 0.05) is 12.4 Å². The monoisotopic (exact) mass is 226 g/mol. The van der Waals surface area contributed by atoms with E-state index in [4.69, 9.17) is 5.84 Å². The zero-order valence-corrected chi connectivity index (χ0v) is 9.49. The van der Waals surface area contributed by atoms with E-state index >= 15 is 0 Å². The fourth-order valence-corrected chi connectivity index (χ4v) is 1.95. The van der Waals surface area contributed by atoms with E-state index < -0.39 is 0 Å². The molecule has 0 bridgehead atoms. The summed E-state index contributed by atoms with van der Waals surface area (Å²) in [6.07, 6.45) is 3.29. The van der Waals surface area contributed by atoms with Gasteiger partial charge in [0.25, 0.3) is 0 Å². The molecule has 1 aromatic heterocycles. The molecule has 0 aromatic carbocycles. The van der Waals surface area contributed by atoms with E-state index in [1.807, 2.05) is 13.8 Å². The number of nitrogens with one attached hydrogen (secondary N) is 1. The number of hydrogen-bond acceptors (Lipinski definition) is 5. The van der Waals surface area contributed by atoms with E-state index in [-0.39, 0.29) is 17.1 Å². The van der Waals surface area contributed by atoms with Crippen molar-refractivity contribution in [2.24, 2.45) is 11.8 Å². The Bertz CT molecular complexity index is 317. The molecule has 1 aromatic rings. The predicted octanol–water partition coefficient (Wildman–Crippen LogP) is 0.583. The molecule has 0 fully saturated rings. The Hall–Kier alpha value is -1.14. The SMILES string of the molecule is CC(C)C(Sc1ncccn1)C(=O)NN. The van der Waals surface area contributed by atoms with Gasteiger partial charge in [0.05, 0.1) is 5.25 Å². The third-order valence-electron chi connectivity index (χ3n) is 1.78. The molecule has 0 aliphatic rings. The molecule has 1 amide bonds. The summed E-state index contributed by atoms with van der Waals surface area (Å²) >= 11 is 1.32. The summed E-state index contributed by atoms with van der Waals surface area (Å²) in [5.74, 6) is 5.07. The predicted molar refractivity (Wildman–Crippen MR) is 58.8 cm³/mol. The Labute approximate surface area is 92.8 Å². The highest BCUT2D eigenvalue weighted by atomic mass is 32.2. The number of hydrogen-bond donors (Lipinski definition) is 2. The highest BCUT2D eigenvalue weighted by Crippen LogP contribution is 2.24. The summed E-state index contributed by atoms with van der Waals surface area (Å²) < 4.78 is 0. The number of thioether (sulfide) groups is 1. The molecular formula is C9H14N4OS. The van der Waals surface area contributed by atoms with Gasteiger partial charge in [0.1, 0.15) is 0 Å². The van der Waals surface area contributed by atoms with E-state index in [1.165, 1.54) is 11.8 Å². The number of carbonyl (C=O) groups excluding carboxylic acids is 1. The minimum Gasteiger partial charge on any atom is -0.293 e. The highest BCUT2D eigenvalue weighted by molar-refractivity contribution is 8.00. The number of aromatic nitrogens is 2. The second-order valence-corrected chi connectivity index (χ2v) is 4.43. The van der Waals surface area contributed by atoms with Gasteiger partial charge in [-0.05, 0) is 12.0 Å². The molecule has 0 spiro atoms. The molecule has 0 saturated carbocycles. The first-order valence-corrected chi connectivity index (χ1v) is 5.47. The van der Waals surface area contributed by atoms with Crippen LogP contribution in [0.25, 0.3) is 0 Å². The largest absolute Gasteiger partial charge is 0.293 e. The smallest absolute Gasteiger partial charge is 0.247 e. The molecule has 1 rings (SSSR count). The number of amides is 1. The Morgan fingerprint density at radius 2 is 2.07 bits per heavy atom. The van der Waals surface area contributed by atoms with Crippen LogP contribution in [0.5, 0.6) is 0 Å². The average Bonchev–Trinajstić information content (AvgIpc) is 2.26. The van der Waals surface area contributed by atoms with Gasteiger partial charge in [-0.3, -0.25) is 10.2 Å². The lowest BCUT2D eigenvalue weighted by atomic mass is 10.1. The Morgan fingerprint density at radius 1 is 1.47 bits per heavy atom. The summed E-state index contributed by atoms with van der Waals surface area (Å²) in [6, 6.07) is 1.73. The fourth-order valence-electron chi connectivity index (χ4n) is 1.03. The number of nitrogens with two attached hydrogens (primary N) is 1. The van der Waals surface area contributed by atoms with E-state index in [9.17, 15) is 4.79 Å². The van der Waals surface area contributed by atoms with Gasteiger partial charge in [-0.15, -0.1) is 0 Å². The average molecular weight is 226 g/mol. The van der Waals surface area contributed by atoms with Crippen LogP contribution in [0.4, 0.5) is 0 Å². The Kier molecular flexibility index (Phi) is 4.51. The van der Waals surface area contributed by atoms with Crippen LogP contribution >= 0.6 is 11.8 Å². The van der Waals surface area contributed by atoms with Gasteiger partial charge in [0.2, 0.25) is 5.91 Å². The zero-order valence-electron chi connectivity index (χ0n) is 8.68. The van der Waals surface area contributed by atoms with E-state index in [0.29, 0.717) is 5.16 Å². The third-order valence-corrected chi connectivity index (χ3v) is 3.21. The van der Waals surface area contributed by atoms with E-state index in [0.717, 1.165) is 0 Å². The molecule has 0 aliphatic heterocycles. The van der Waals surface area contributed by atoms with E-state index in [2.05, 4.69) is 15.4 Å². The van der Waals surface area contributed by atoms with Gasteiger partial charge < -0.3 is 0 Å². The molecule has 15 heavy (non-hydrogen) atoms. The molecule has 1 heterocycles. The summed E-state index contributed by atoms with van der Waals surface area (Å²) in [7, 11) is 0. The molecule has 0 saturated heterocycles. The molecule has 0 radical (unpaired) electrons. The molecule has 6 heteroatoms. The lowest BCUT2D eigenvalue weighted by Gasteiger charge is -2.16. The van der Waals surface area contributed by atoms with Crippen molar-refractivity contribution in [3.05, 3.63) is 18.5 Å². The van der Waals surface area contributed by atoms with Gasteiger partial charge in [-0.25, -0.2) is 15.8 Å². The molecular weight excluding hydrogens is 212 g/mol. The fraction of sp³-hybridized carbons (Fsp3) is 0.444. The van der Waals surface area contributed by atoms with E-state index in [1.54, 1.807) is 18.5 Å². The Balaban J connectivity index is 2.72. The first-order chi connectivity index (χ1) is 7.15. The normalized spacial score (nSPS) is 12.5. The first-order valence-electron chi connectivity index (χ1n) is 4.59. The van der Waals surface area contributed by atoms with Gasteiger partial charge in [-0.2, -0.15) is 0 Å². The minimum absolute atomic E-state index is 0.169.